The SMILES string of the molecule is O=P([O-])(O)O.O=S(=O)([O-])C(F)(F)F.O=[N+]([O-])c1cc[c-]c2c1ccc1cccnc12.[Pd].c1cnn([B-](n2cccn2)(n2cccn2)n2cccn2)c1. The second-order valence-corrected chi connectivity index (χ2v) is 12.1. The zero-order chi connectivity index (χ0) is 37.5. The molecule has 52 heavy (non-hydrogen) atoms. The number of nitro benzene ring substituents is 1. The van der Waals surface area contributed by atoms with Crippen molar-refractivity contribution in [3.8, 4) is 0 Å². The minimum Gasteiger partial charge on any atom is -0.756 e. The monoisotopic (exact) mass is 854 g/mol. The Balaban J connectivity index is 0.000000211. The molecule has 7 aromatic rings. The number of nitrogens with zero attached hydrogens (tertiary/aromatic N) is 10. The van der Waals surface area contributed by atoms with Crippen molar-refractivity contribution in [1.82, 2.24) is 43.7 Å². The van der Waals surface area contributed by atoms with E-state index in [1.54, 1.807) is 43.1 Å². The van der Waals surface area contributed by atoms with Crippen LogP contribution in [0.25, 0.3) is 21.7 Å². The first-order chi connectivity index (χ1) is 23.9. The second kappa shape index (κ2) is 16.9. The van der Waals surface area contributed by atoms with Crippen molar-refractivity contribution in [1.29, 1.82) is 0 Å². The molecule has 19 nitrogen and oxygen atoms in total. The van der Waals surface area contributed by atoms with Crippen LogP contribution in [0.3, 0.4) is 0 Å². The molecule has 7 rings (SSSR count). The van der Waals surface area contributed by atoms with Crippen molar-refractivity contribution in [3.05, 3.63) is 133 Å². The molecule has 0 atom stereocenters. The van der Waals surface area contributed by atoms with E-state index in [2.05, 4.69) is 31.4 Å². The summed E-state index contributed by atoms with van der Waals surface area (Å²) in [7, 11) is -11.0. The predicted molar refractivity (Wildman–Crippen MR) is 169 cm³/mol. The Morgan fingerprint density at radius 2 is 1.23 bits per heavy atom. The molecule has 0 bridgehead atoms. The molecular formula is C26H21BF3N10O9PPdS-4. The van der Waals surface area contributed by atoms with Gasteiger partial charge in [-0.15, -0.1) is 17.5 Å². The van der Waals surface area contributed by atoms with Gasteiger partial charge >= 0.3 is 12.2 Å². The van der Waals surface area contributed by atoms with Gasteiger partial charge in [0.05, 0.1) is 0 Å². The third-order valence-corrected chi connectivity index (χ3v) is 7.09. The molecule has 0 spiro atoms. The molecule has 0 saturated carbocycles. The van der Waals surface area contributed by atoms with Gasteiger partial charge < -0.3 is 42.6 Å². The fraction of sp³-hybridized carbons (Fsp3) is 0.0385. The predicted octanol–water partition coefficient (Wildman–Crippen LogP) is 1.99. The van der Waals surface area contributed by atoms with Gasteiger partial charge in [-0.3, -0.25) is 14.7 Å². The molecule has 0 fully saturated rings. The normalized spacial score (nSPS) is 11.6. The smallest absolute Gasteiger partial charge is 0.485 e. The van der Waals surface area contributed by atoms with Gasteiger partial charge in [-0.05, 0) is 71.4 Å². The molecule has 0 unspecified atom stereocenters. The first kappa shape index (κ1) is 41.3. The number of alkyl halides is 3. The van der Waals surface area contributed by atoms with Crippen LogP contribution in [0, 0.1) is 16.2 Å². The van der Waals surface area contributed by atoms with Gasteiger partial charge in [0, 0.05) is 56.3 Å². The number of halogens is 3. The van der Waals surface area contributed by atoms with E-state index in [9.17, 15) is 23.3 Å². The van der Waals surface area contributed by atoms with Gasteiger partial charge in [0.15, 0.2) is 15.8 Å². The Bertz CT molecular complexity index is 2200. The Hall–Kier alpha value is -5.11. The topological polar surface area (TPSA) is 265 Å². The average molecular weight is 855 g/mol. The van der Waals surface area contributed by atoms with Crippen molar-refractivity contribution in [2.24, 2.45) is 0 Å². The van der Waals surface area contributed by atoms with E-state index in [0.29, 0.717) is 10.8 Å². The molecule has 2 aromatic carbocycles. The molecule has 0 saturated heterocycles. The van der Waals surface area contributed by atoms with Gasteiger partial charge in [-0.1, -0.05) is 24.3 Å². The van der Waals surface area contributed by atoms with Gasteiger partial charge in [-0.25, -0.2) is 28.8 Å². The van der Waals surface area contributed by atoms with Crippen molar-refractivity contribution in [3.63, 3.8) is 0 Å². The maximum Gasteiger partial charge on any atom is 0.485 e. The summed E-state index contributed by atoms with van der Waals surface area (Å²) in [5.41, 5.74) is -4.81. The van der Waals surface area contributed by atoms with Crippen LogP contribution in [-0.4, -0.2) is 83.6 Å². The molecule has 2 N–H and O–H groups in total. The standard InChI is InChI=1S/C13H7N2O2.C12H12BN8.CHF3O3S.H3O4P.Pd/c16-15(17)12-5-1-4-11-10(12)7-6-9-3-2-8-14-13(9)11;1-5-14-18(9-1)13(19-10-2-6-15-19,20-11-3-7-16-20)21-12-4-8-17-21;2-1(3,4)8(5,6)7;1-5(2,3)4;/h1-3,5-8H;1-12H;(H,5,6,7);(H3,1,2,3,4);/q2*-1;;;/p-2. The largest absolute Gasteiger partial charge is 0.756 e. The fourth-order valence-corrected chi connectivity index (χ4v) is 4.63. The summed E-state index contributed by atoms with van der Waals surface area (Å²) in [6.45, 7) is -1.83. The summed E-state index contributed by atoms with van der Waals surface area (Å²) in [6, 6.07) is 20.9. The number of nitro groups is 1. The van der Waals surface area contributed by atoms with E-state index in [4.69, 9.17) is 32.2 Å². The van der Waals surface area contributed by atoms with E-state index >= 15 is 0 Å². The minimum atomic E-state index is -6.09. The van der Waals surface area contributed by atoms with E-state index in [1.807, 2.05) is 85.6 Å². The fourth-order valence-electron chi connectivity index (χ4n) is 4.63. The van der Waals surface area contributed by atoms with E-state index in [-0.39, 0.29) is 31.0 Å². The molecule has 0 aliphatic rings. The number of non-ortho nitro benzene ring substituents is 1. The van der Waals surface area contributed by atoms with Crippen molar-refractivity contribution < 1.29 is 70.7 Å². The van der Waals surface area contributed by atoms with Crippen LogP contribution >= 0.6 is 7.82 Å². The molecular weight excluding hydrogens is 834 g/mol. The van der Waals surface area contributed by atoms with Crippen LogP contribution in [0.2, 0.25) is 0 Å². The summed E-state index contributed by atoms with van der Waals surface area (Å²) in [6.07, 6.45) is 16.1. The number of rotatable bonds is 5. The molecule has 26 heteroatoms. The number of fused-ring (bicyclic) bond motifs is 3. The molecule has 278 valence electrons. The third kappa shape index (κ3) is 9.81. The molecule has 0 aliphatic heterocycles. The number of phosphoric acid groups is 1. The number of hydrogen-bond donors (Lipinski definition) is 2. The number of pyridine rings is 1. The Morgan fingerprint density at radius 1 is 0.808 bits per heavy atom. The number of hydrogen-bond acceptors (Lipinski definition) is 12. The maximum atomic E-state index is 10.9. The van der Waals surface area contributed by atoms with Crippen molar-refractivity contribution in [2.45, 2.75) is 5.51 Å². The Kier molecular flexibility index (Phi) is 13.5. The van der Waals surface area contributed by atoms with Crippen LogP contribution in [0.15, 0.2) is 116 Å². The Morgan fingerprint density at radius 3 is 1.58 bits per heavy atom. The summed E-state index contributed by atoms with van der Waals surface area (Å²) in [5.74, 6) is 0. The second-order valence-electron chi connectivity index (χ2n) is 9.71. The average Bonchev–Trinajstić information content (AvgIpc) is 3.90. The Labute approximate surface area is 303 Å². The summed E-state index contributed by atoms with van der Waals surface area (Å²) in [4.78, 5) is 37.7. The van der Waals surface area contributed by atoms with Crippen LogP contribution in [0.5, 0.6) is 0 Å². The van der Waals surface area contributed by atoms with Gasteiger partial charge in [0.25, 0.3) is 7.82 Å². The first-order valence-corrected chi connectivity index (χ1v) is 16.6. The van der Waals surface area contributed by atoms with E-state index in [0.717, 1.165) is 10.9 Å². The molecule has 0 radical (unpaired) electrons. The molecule has 5 aromatic heterocycles. The first-order valence-electron chi connectivity index (χ1n) is 13.7. The van der Waals surface area contributed by atoms with Gasteiger partial charge in [-0.2, -0.15) is 13.2 Å². The van der Waals surface area contributed by atoms with Crippen LogP contribution in [0.4, 0.5) is 18.9 Å². The zero-order valence-electron chi connectivity index (χ0n) is 25.6. The van der Waals surface area contributed by atoms with Crippen molar-refractivity contribution in [2.75, 3.05) is 0 Å². The minimum absolute atomic E-state index is 0. The summed E-state index contributed by atoms with van der Waals surface area (Å²) >= 11 is 0. The molecule has 0 aliphatic carbocycles. The summed E-state index contributed by atoms with van der Waals surface area (Å²) in [5, 5.41) is 30.8. The van der Waals surface area contributed by atoms with Crippen LogP contribution in [-0.2, 0) is 35.1 Å². The van der Waals surface area contributed by atoms with Gasteiger partial charge in [0.2, 0.25) is 0 Å². The quantitative estimate of drug-likeness (QED) is 0.0367. The number of aromatic nitrogens is 9. The van der Waals surface area contributed by atoms with E-state index < -0.39 is 30.1 Å². The third-order valence-electron chi connectivity index (χ3n) is 6.52. The van der Waals surface area contributed by atoms with E-state index in [1.165, 1.54) is 6.07 Å². The number of benzene rings is 2. The van der Waals surface area contributed by atoms with Crippen molar-refractivity contribution >= 4 is 52.0 Å². The zero-order valence-corrected chi connectivity index (χ0v) is 28.8. The molecule has 0 amide bonds. The maximum absolute atomic E-state index is 10.9. The van der Waals surface area contributed by atoms with Crippen LogP contribution < -0.4 is 4.89 Å². The summed E-state index contributed by atoms with van der Waals surface area (Å²) < 4.78 is 74.9. The van der Waals surface area contributed by atoms with Gasteiger partial charge in [0.1, 0.15) is 0 Å². The van der Waals surface area contributed by atoms with Crippen LogP contribution in [0.1, 0.15) is 0 Å². The molecule has 5 heterocycles.